The first-order valence-corrected chi connectivity index (χ1v) is 6.40. The van der Waals surface area contributed by atoms with Crippen LogP contribution in [-0.2, 0) is 0 Å². The Kier molecular flexibility index (Phi) is 2.66. The lowest BCUT2D eigenvalue weighted by molar-refractivity contribution is 0.0918. The molecule has 1 atom stereocenters. The normalized spacial score (nSPS) is 16.8. The third-order valence-electron chi connectivity index (χ3n) is 3.88. The third kappa shape index (κ3) is 1.82. The van der Waals surface area contributed by atoms with E-state index in [2.05, 4.69) is 0 Å². The highest BCUT2D eigenvalue weighted by atomic mass is 19.1. The van der Waals surface area contributed by atoms with Gasteiger partial charge in [-0.15, -0.1) is 0 Å². The molecular formula is C16H15FO. The largest absolute Gasteiger partial charge is 0.294 e. The Morgan fingerprint density at radius 1 is 1.17 bits per heavy atom. The summed E-state index contributed by atoms with van der Waals surface area (Å²) in [6.07, 6.45) is 2.29. The molecule has 92 valence electrons. The minimum absolute atomic E-state index is 0.0545. The quantitative estimate of drug-likeness (QED) is 0.737. The average molecular weight is 242 g/mol. The van der Waals surface area contributed by atoms with E-state index in [0.29, 0.717) is 16.9 Å². The van der Waals surface area contributed by atoms with Crippen molar-refractivity contribution < 1.29 is 9.18 Å². The first-order valence-electron chi connectivity index (χ1n) is 6.40. The standard InChI is InChI=1S/C16H15FO/c1-10(11-6-7-11)16(18)14-8-9-15(17)13-5-3-2-4-12(13)14/h2-5,8-11H,6-7H2,1H3. The van der Waals surface area contributed by atoms with Crippen LogP contribution in [0.3, 0.4) is 0 Å². The molecule has 0 spiro atoms. The number of benzene rings is 2. The number of rotatable bonds is 3. The fourth-order valence-corrected chi connectivity index (χ4v) is 2.53. The summed E-state index contributed by atoms with van der Waals surface area (Å²) in [5, 5.41) is 1.27. The highest BCUT2D eigenvalue weighted by Crippen LogP contribution is 2.39. The maximum absolute atomic E-state index is 13.7. The maximum Gasteiger partial charge on any atom is 0.166 e. The summed E-state index contributed by atoms with van der Waals surface area (Å²) in [5.74, 6) is 0.468. The molecule has 1 saturated carbocycles. The van der Waals surface area contributed by atoms with Crippen LogP contribution in [0, 0.1) is 17.7 Å². The zero-order valence-corrected chi connectivity index (χ0v) is 10.3. The summed E-state index contributed by atoms with van der Waals surface area (Å²) in [6.45, 7) is 1.98. The molecule has 1 aliphatic carbocycles. The van der Waals surface area contributed by atoms with Gasteiger partial charge in [-0.1, -0.05) is 31.2 Å². The second kappa shape index (κ2) is 4.20. The summed E-state index contributed by atoms with van der Waals surface area (Å²) in [7, 11) is 0. The topological polar surface area (TPSA) is 17.1 Å². The van der Waals surface area contributed by atoms with Crippen LogP contribution in [-0.4, -0.2) is 5.78 Å². The predicted molar refractivity (Wildman–Crippen MR) is 70.1 cm³/mol. The molecule has 0 aliphatic heterocycles. The summed E-state index contributed by atoms with van der Waals surface area (Å²) in [5.41, 5.74) is 0.659. The van der Waals surface area contributed by atoms with Crippen LogP contribution in [0.25, 0.3) is 10.8 Å². The molecule has 1 unspecified atom stereocenters. The van der Waals surface area contributed by atoms with E-state index in [4.69, 9.17) is 0 Å². The van der Waals surface area contributed by atoms with E-state index in [1.54, 1.807) is 18.2 Å². The predicted octanol–water partition coefficient (Wildman–Crippen LogP) is 4.21. The van der Waals surface area contributed by atoms with Crippen molar-refractivity contribution in [3.05, 3.63) is 47.8 Å². The molecule has 0 radical (unpaired) electrons. The van der Waals surface area contributed by atoms with Crippen LogP contribution in [0.4, 0.5) is 4.39 Å². The van der Waals surface area contributed by atoms with E-state index in [0.717, 1.165) is 18.2 Å². The summed E-state index contributed by atoms with van der Waals surface area (Å²) < 4.78 is 13.7. The molecule has 2 aromatic carbocycles. The molecule has 0 N–H and O–H groups in total. The second-order valence-electron chi connectivity index (χ2n) is 5.13. The molecule has 0 aromatic heterocycles. The van der Waals surface area contributed by atoms with Crippen LogP contribution in [0.5, 0.6) is 0 Å². The zero-order valence-electron chi connectivity index (χ0n) is 10.3. The van der Waals surface area contributed by atoms with Gasteiger partial charge in [-0.05, 0) is 36.3 Å². The van der Waals surface area contributed by atoms with Gasteiger partial charge >= 0.3 is 0 Å². The third-order valence-corrected chi connectivity index (χ3v) is 3.88. The summed E-state index contributed by atoms with van der Waals surface area (Å²) in [6, 6.07) is 10.2. The Morgan fingerprint density at radius 2 is 1.83 bits per heavy atom. The maximum atomic E-state index is 13.7. The Labute approximate surface area is 106 Å². The van der Waals surface area contributed by atoms with Crippen molar-refractivity contribution in [2.24, 2.45) is 11.8 Å². The van der Waals surface area contributed by atoms with Crippen molar-refractivity contribution in [1.29, 1.82) is 0 Å². The summed E-state index contributed by atoms with van der Waals surface area (Å²) >= 11 is 0. The molecule has 0 heterocycles. The minimum Gasteiger partial charge on any atom is -0.294 e. The van der Waals surface area contributed by atoms with Gasteiger partial charge in [0.05, 0.1) is 0 Å². The number of ketones is 1. The highest BCUT2D eigenvalue weighted by molar-refractivity contribution is 6.09. The number of carbonyl (C=O) groups excluding carboxylic acids is 1. The van der Waals surface area contributed by atoms with Crippen LogP contribution in [0.2, 0.25) is 0 Å². The van der Waals surface area contributed by atoms with E-state index in [-0.39, 0.29) is 17.5 Å². The van der Waals surface area contributed by atoms with Gasteiger partial charge in [0.25, 0.3) is 0 Å². The first-order chi connectivity index (χ1) is 8.68. The number of Topliss-reactive ketones (excluding diaryl/α,β-unsaturated/α-hetero) is 1. The Hall–Kier alpha value is -1.70. The van der Waals surface area contributed by atoms with Crippen LogP contribution in [0.1, 0.15) is 30.1 Å². The molecule has 2 heteroatoms. The van der Waals surface area contributed by atoms with Gasteiger partial charge in [-0.2, -0.15) is 0 Å². The monoisotopic (exact) mass is 242 g/mol. The lowest BCUT2D eigenvalue weighted by Crippen LogP contribution is -2.13. The van der Waals surface area contributed by atoms with Gasteiger partial charge in [-0.25, -0.2) is 4.39 Å². The van der Waals surface area contributed by atoms with Crippen molar-refractivity contribution in [2.75, 3.05) is 0 Å². The average Bonchev–Trinajstić information content (AvgIpc) is 3.22. The SMILES string of the molecule is CC(C(=O)c1ccc(F)c2ccccc12)C1CC1. The van der Waals surface area contributed by atoms with E-state index in [1.165, 1.54) is 6.07 Å². The lowest BCUT2D eigenvalue weighted by atomic mass is 9.91. The molecule has 1 nitrogen and oxygen atoms in total. The fourth-order valence-electron chi connectivity index (χ4n) is 2.53. The molecule has 1 fully saturated rings. The smallest absolute Gasteiger partial charge is 0.166 e. The van der Waals surface area contributed by atoms with Gasteiger partial charge in [0.15, 0.2) is 5.78 Å². The number of fused-ring (bicyclic) bond motifs is 1. The van der Waals surface area contributed by atoms with Gasteiger partial charge in [0, 0.05) is 16.9 Å². The van der Waals surface area contributed by atoms with Gasteiger partial charge in [0.2, 0.25) is 0 Å². The highest BCUT2D eigenvalue weighted by Gasteiger charge is 2.33. The van der Waals surface area contributed by atoms with Crippen molar-refractivity contribution >= 4 is 16.6 Å². The van der Waals surface area contributed by atoms with E-state index in [1.807, 2.05) is 19.1 Å². The van der Waals surface area contributed by atoms with E-state index in [9.17, 15) is 9.18 Å². The summed E-state index contributed by atoms with van der Waals surface area (Å²) in [4.78, 5) is 12.4. The van der Waals surface area contributed by atoms with Crippen molar-refractivity contribution in [2.45, 2.75) is 19.8 Å². The van der Waals surface area contributed by atoms with Crippen molar-refractivity contribution in [3.8, 4) is 0 Å². The minimum atomic E-state index is -0.263. The number of carbonyl (C=O) groups is 1. The van der Waals surface area contributed by atoms with Gasteiger partial charge < -0.3 is 0 Å². The molecular weight excluding hydrogens is 227 g/mol. The molecule has 0 amide bonds. The molecule has 0 saturated heterocycles. The number of hydrogen-bond donors (Lipinski definition) is 0. The van der Waals surface area contributed by atoms with Crippen molar-refractivity contribution in [1.82, 2.24) is 0 Å². The van der Waals surface area contributed by atoms with Crippen molar-refractivity contribution in [3.63, 3.8) is 0 Å². The van der Waals surface area contributed by atoms with Crippen LogP contribution < -0.4 is 0 Å². The van der Waals surface area contributed by atoms with Crippen LogP contribution >= 0.6 is 0 Å². The molecule has 3 rings (SSSR count). The zero-order chi connectivity index (χ0) is 12.7. The molecule has 0 bridgehead atoms. The Balaban J connectivity index is 2.11. The molecule has 18 heavy (non-hydrogen) atoms. The Bertz CT molecular complexity index is 614. The number of hydrogen-bond acceptors (Lipinski definition) is 1. The van der Waals surface area contributed by atoms with Gasteiger partial charge in [-0.3, -0.25) is 4.79 Å². The number of halogens is 1. The first kappa shape index (κ1) is 11.4. The molecule has 2 aromatic rings. The van der Waals surface area contributed by atoms with Crippen LogP contribution in [0.15, 0.2) is 36.4 Å². The van der Waals surface area contributed by atoms with Gasteiger partial charge in [0.1, 0.15) is 5.82 Å². The second-order valence-corrected chi connectivity index (χ2v) is 5.13. The Morgan fingerprint density at radius 3 is 2.50 bits per heavy atom. The molecule has 1 aliphatic rings. The van der Waals surface area contributed by atoms with E-state index < -0.39 is 0 Å². The lowest BCUT2D eigenvalue weighted by Gasteiger charge is -2.11. The van der Waals surface area contributed by atoms with E-state index >= 15 is 0 Å². The fraction of sp³-hybridized carbons (Fsp3) is 0.312.